The average molecular weight is 441 g/mol. The van der Waals surface area contributed by atoms with Crippen molar-refractivity contribution in [2.24, 2.45) is 0 Å². The molecule has 0 aromatic heterocycles. The number of benzene rings is 3. The lowest BCUT2D eigenvalue weighted by molar-refractivity contribution is -0.118. The summed E-state index contributed by atoms with van der Waals surface area (Å²) >= 11 is 0. The summed E-state index contributed by atoms with van der Waals surface area (Å²) in [6.45, 7) is 1.72. The molecule has 0 heterocycles. The Morgan fingerprint density at radius 1 is 0.968 bits per heavy atom. The fourth-order valence-corrected chi connectivity index (χ4v) is 3.95. The van der Waals surface area contributed by atoms with E-state index in [-0.39, 0.29) is 24.0 Å². The van der Waals surface area contributed by atoms with Gasteiger partial charge in [-0.15, -0.1) is 0 Å². The monoisotopic (exact) mass is 440 g/mol. The van der Waals surface area contributed by atoms with Gasteiger partial charge in [0.25, 0.3) is 5.91 Å². The van der Waals surface area contributed by atoms with Crippen LogP contribution >= 0.6 is 0 Å². The third-order valence-electron chi connectivity index (χ3n) is 4.48. The first kappa shape index (κ1) is 22.3. The molecule has 8 heteroatoms. The Morgan fingerprint density at radius 3 is 2.45 bits per heavy atom. The van der Waals surface area contributed by atoms with Gasteiger partial charge in [0.05, 0.1) is 12.0 Å². The molecule has 0 bridgehead atoms. The van der Waals surface area contributed by atoms with Crippen molar-refractivity contribution in [1.29, 1.82) is 0 Å². The molecule has 2 N–H and O–H groups in total. The highest BCUT2D eigenvalue weighted by molar-refractivity contribution is 7.89. The summed E-state index contributed by atoms with van der Waals surface area (Å²) in [4.78, 5) is 12.3. The van der Waals surface area contributed by atoms with Crippen molar-refractivity contribution in [3.63, 3.8) is 0 Å². The topological polar surface area (TPSA) is 93.7 Å². The van der Waals surface area contributed by atoms with Crippen molar-refractivity contribution in [3.8, 4) is 11.5 Å². The van der Waals surface area contributed by atoms with Gasteiger partial charge < -0.3 is 14.8 Å². The van der Waals surface area contributed by atoms with E-state index >= 15 is 0 Å². The predicted molar refractivity (Wildman–Crippen MR) is 119 cm³/mol. The summed E-state index contributed by atoms with van der Waals surface area (Å²) in [6, 6.07) is 20.8. The van der Waals surface area contributed by atoms with Crippen LogP contribution in [0, 0.1) is 6.92 Å². The number of anilines is 1. The highest BCUT2D eigenvalue weighted by Crippen LogP contribution is 2.22. The van der Waals surface area contributed by atoms with Crippen molar-refractivity contribution < 1.29 is 22.7 Å². The number of carbonyl (C=O) groups is 1. The Morgan fingerprint density at radius 2 is 1.74 bits per heavy atom. The van der Waals surface area contributed by atoms with Crippen LogP contribution in [0.1, 0.15) is 11.1 Å². The Labute approximate surface area is 182 Å². The van der Waals surface area contributed by atoms with E-state index in [1.165, 1.54) is 12.1 Å². The number of hydrogen-bond donors (Lipinski definition) is 2. The third kappa shape index (κ3) is 6.31. The maximum Gasteiger partial charge on any atom is 0.262 e. The Hall–Kier alpha value is -3.36. The number of ether oxygens (including phenoxy) is 2. The smallest absolute Gasteiger partial charge is 0.262 e. The fourth-order valence-electron chi connectivity index (χ4n) is 2.85. The van der Waals surface area contributed by atoms with Crippen molar-refractivity contribution in [1.82, 2.24) is 4.72 Å². The molecule has 162 valence electrons. The number of nitrogens with one attached hydrogen (secondary N) is 2. The van der Waals surface area contributed by atoms with Gasteiger partial charge in [-0.3, -0.25) is 4.79 Å². The lowest BCUT2D eigenvalue weighted by Crippen LogP contribution is -2.23. The second kappa shape index (κ2) is 10.1. The van der Waals surface area contributed by atoms with Gasteiger partial charge in [-0.1, -0.05) is 36.4 Å². The maximum absolute atomic E-state index is 12.6. The zero-order chi connectivity index (χ0) is 22.3. The van der Waals surface area contributed by atoms with Crippen LogP contribution in [0.15, 0.2) is 77.7 Å². The van der Waals surface area contributed by atoms with Crippen LogP contribution < -0.4 is 19.5 Å². The molecule has 7 nitrogen and oxygen atoms in total. The van der Waals surface area contributed by atoms with E-state index in [1.807, 2.05) is 30.3 Å². The van der Waals surface area contributed by atoms with Crippen molar-refractivity contribution in [3.05, 3.63) is 83.9 Å². The zero-order valence-electron chi connectivity index (χ0n) is 17.3. The molecule has 3 aromatic rings. The number of carbonyl (C=O) groups excluding carboxylic acids is 1. The van der Waals surface area contributed by atoms with E-state index in [0.717, 1.165) is 5.56 Å². The molecule has 3 rings (SSSR count). The quantitative estimate of drug-likeness (QED) is 0.531. The zero-order valence-corrected chi connectivity index (χ0v) is 18.1. The van der Waals surface area contributed by atoms with E-state index in [0.29, 0.717) is 22.7 Å². The predicted octanol–water partition coefficient (Wildman–Crippen LogP) is 3.50. The van der Waals surface area contributed by atoms with E-state index in [2.05, 4.69) is 10.0 Å². The Kier molecular flexibility index (Phi) is 7.28. The highest BCUT2D eigenvalue weighted by atomic mass is 32.2. The van der Waals surface area contributed by atoms with E-state index in [4.69, 9.17) is 9.47 Å². The normalized spacial score (nSPS) is 11.0. The summed E-state index contributed by atoms with van der Waals surface area (Å²) < 4.78 is 38.4. The van der Waals surface area contributed by atoms with Gasteiger partial charge in [-0.2, -0.15) is 0 Å². The molecule has 3 aromatic carbocycles. The van der Waals surface area contributed by atoms with Gasteiger partial charge in [-0.05, 0) is 48.4 Å². The molecule has 0 saturated heterocycles. The summed E-state index contributed by atoms with van der Waals surface area (Å²) in [5.74, 6) is 0.726. The molecule has 0 fully saturated rings. The van der Waals surface area contributed by atoms with Crippen LogP contribution in [0.2, 0.25) is 0 Å². The van der Waals surface area contributed by atoms with Crippen LogP contribution in [0.3, 0.4) is 0 Å². The summed E-state index contributed by atoms with van der Waals surface area (Å²) in [7, 11) is -2.12. The van der Waals surface area contributed by atoms with Crippen molar-refractivity contribution in [2.45, 2.75) is 18.4 Å². The average Bonchev–Trinajstić information content (AvgIpc) is 2.77. The summed E-state index contributed by atoms with van der Waals surface area (Å²) in [6.07, 6.45) is 0. The molecule has 0 radical (unpaired) electrons. The molecule has 1 amide bonds. The molecule has 0 unspecified atom stereocenters. The van der Waals surface area contributed by atoms with Crippen LogP contribution in [0.4, 0.5) is 5.69 Å². The van der Waals surface area contributed by atoms with Gasteiger partial charge in [0, 0.05) is 18.3 Å². The third-order valence-corrected chi connectivity index (χ3v) is 5.88. The minimum absolute atomic E-state index is 0.133. The van der Waals surface area contributed by atoms with E-state index in [9.17, 15) is 13.2 Å². The second-order valence-corrected chi connectivity index (χ2v) is 8.57. The molecule has 31 heavy (non-hydrogen) atoms. The SMILES string of the molecule is COc1cccc(NC(=O)COc2ccc(S(=O)(=O)NCc3ccccc3)cc2C)c1. The van der Waals surface area contributed by atoms with Crippen molar-refractivity contribution in [2.75, 3.05) is 19.0 Å². The van der Waals surface area contributed by atoms with Gasteiger partial charge >= 0.3 is 0 Å². The minimum atomic E-state index is -3.67. The fraction of sp³-hybridized carbons (Fsp3) is 0.174. The van der Waals surface area contributed by atoms with Crippen LogP contribution in [-0.2, 0) is 21.4 Å². The van der Waals surface area contributed by atoms with Crippen LogP contribution in [0.5, 0.6) is 11.5 Å². The Balaban J connectivity index is 1.59. The van der Waals surface area contributed by atoms with Crippen molar-refractivity contribution >= 4 is 21.6 Å². The van der Waals surface area contributed by atoms with Gasteiger partial charge in [0.15, 0.2) is 6.61 Å². The first-order chi connectivity index (χ1) is 14.9. The maximum atomic E-state index is 12.6. The molecule has 0 spiro atoms. The largest absolute Gasteiger partial charge is 0.497 e. The first-order valence-corrected chi connectivity index (χ1v) is 11.1. The van der Waals surface area contributed by atoms with Gasteiger partial charge in [-0.25, -0.2) is 13.1 Å². The lowest BCUT2D eigenvalue weighted by atomic mass is 10.2. The number of hydrogen-bond acceptors (Lipinski definition) is 5. The number of rotatable bonds is 9. The Bertz CT molecular complexity index is 1150. The van der Waals surface area contributed by atoms with E-state index in [1.54, 1.807) is 44.4 Å². The van der Waals surface area contributed by atoms with E-state index < -0.39 is 10.0 Å². The summed E-state index contributed by atoms with van der Waals surface area (Å²) in [5, 5.41) is 2.72. The first-order valence-electron chi connectivity index (χ1n) is 9.58. The highest BCUT2D eigenvalue weighted by Gasteiger charge is 2.16. The molecule has 0 aliphatic carbocycles. The number of aryl methyl sites for hydroxylation is 1. The van der Waals surface area contributed by atoms with Crippen LogP contribution in [-0.4, -0.2) is 28.0 Å². The molecule has 0 aliphatic rings. The summed E-state index contributed by atoms with van der Waals surface area (Å²) in [5.41, 5.74) is 2.07. The van der Waals surface area contributed by atoms with Gasteiger partial charge in [0.2, 0.25) is 10.0 Å². The second-order valence-electron chi connectivity index (χ2n) is 6.81. The molecule has 0 atom stereocenters. The molecule has 0 aliphatic heterocycles. The van der Waals surface area contributed by atoms with Gasteiger partial charge in [0.1, 0.15) is 11.5 Å². The number of amides is 1. The molecular weight excluding hydrogens is 416 g/mol. The van der Waals surface area contributed by atoms with Crippen LogP contribution in [0.25, 0.3) is 0 Å². The standard InChI is InChI=1S/C23H24N2O5S/c1-17-13-21(31(27,28)24-15-18-7-4-3-5-8-18)11-12-22(17)30-16-23(26)25-19-9-6-10-20(14-19)29-2/h3-14,24H,15-16H2,1-2H3,(H,25,26). The molecule has 0 saturated carbocycles. The molecular formula is C23H24N2O5S. The number of sulfonamides is 1. The lowest BCUT2D eigenvalue weighted by Gasteiger charge is -2.12. The minimum Gasteiger partial charge on any atom is -0.497 e. The number of methoxy groups -OCH3 is 1.